The Morgan fingerprint density at radius 3 is 2.38 bits per heavy atom. The van der Waals surface area contributed by atoms with E-state index in [1.54, 1.807) is 24.3 Å². The molecule has 1 atom stereocenters. The third kappa shape index (κ3) is 4.23. The first-order chi connectivity index (χ1) is 10.2. The fourth-order valence-electron chi connectivity index (χ4n) is 2.06. The average Bonchev–Trinajstić information content (AvgIpc) is 2.53. The van der Waals surface area contributed by atoms with Gasteiger partial charge in [0.2, 0.25) is 0 Å². The zero-order valence-electron chi connectivity index (χ0n) is 12.1. The van der Waals surface area contributed by atoms with Gasteiger partial charge in [-0.15, -0.1) is 0 Å². The number of carbonyl (C=O) groups excluding carboxylic acids is 1. The van der Waals surface area contributed by atoms with Crippen molar-refractivity contribution in [3.63, 3.8) is 0 Å². The van der Waals surface area contributed by atoms with Crippen LogP contribution in [0, 0.1) is 5.82 Å². The first kappa shape index (κ1) is 15.4. The fraction of sp³-hybridized carbons (Fsp3) is 0.278. The number of rotatable bonds is 7. The lowest BCUT2D eigenvalue weighted by Crippen LogP contribution is -2.17. The Hall–Kier alpha value is -2.00. The third-order valence-corrected chi connectivity index (χ3v) is 3.25. The van der Waals surface area contributed by atoms with Gasteiger partial charge < -0.3 is 4.74 Å². The number of Topliss-reactive ketones (excluding diaryl/α,β-unsaturated/α-hetero) is 1. The first-order valence-electron chi connectivity index (χ1n) is 7.18. The van der Waals surface area contributed by atoms with E-state index < -0.39 is 6.10 Å². The Morgan fingerprint density at radius 1 is 1.10 bits per heavy atom. The SMILES string of the molecule is CCCCOC(C(=O)c1ccccc1)c1ccc(F)cc1. The van der Waals surface area contributed by atoms with Crippen LogP contribution in [0.25, 0.3) is 0 Å². The minimum Gasteiger partial charge on any atom is -0.365 e. The normalized spacial score (nSPS) is 12.1. The monoisotopic (exact) mass is 286 g/mol. The van der Waals surface area contributed by atoms with Crippen molar-refractivity contribution in [1.29, 1.82) is 0 Å². The molecule has 1 unspecified atom stereocenters. The van der Waals surface area contributed by atoms with Gasteiger partial charge in [-0.3, -0.25) is 4.79 Å². The van der Waals surface area contributed by atoms with Gasteiger partial charge in [0.25, 0.3) is 0 Å². The Morgan fingerprint density at radius 2 is 1.76 bits per heavy atom. The molecule has 0 aliphatic rings. The van der Waals surface area contributed by atoms with Gasteiger partial charge in [0.15, 0.2) is 5.78 Å². The largest absolute Gasteiger partial charge is 0.365 e. The van der Waals surface area contributed by atoms with Crippen LogP contribution in [0.3, 0.4) is 0 Å². The highest BCUT2D eigenvalue weighted by Gasteiger charge is 2.22. The van der Waals surface area contributed by atoms with Gasteiger partial charge in [0.1, 0.15) is 11.9 Å². The molecule has 2 aromatic rings. The molecule has 0 N–H and O–H groups in total. The van der Waals surface area contributed by atoms with E-state index in [-0.39, 0.29) is 11.6 Å². The van der Waals surface area contributed by atoms with Crippen LogP contribution in [0.5, 0.6) is 0 Å². The molecule has 110 valence electrons. The lowest BCUT2D eigenvalue weighted by Gasteiger charge is -2.17. The summed E-state index contributed by atoms with van der Waals surface area (Å²) in [5.41, 5.74) is 1.28. The van der Waals surface area contributed by atoms with Gasteiger partial charge in [0, 0.05) is 12.2 Å². The van der Waals surface area contributed by atoms with Crippen molar-refractivity contribution >= 4 is 5.78 Å². The van der Waals surface area contributed by atoms with E-state index in [1.165, 1.54) is 12.1 Å². The molecule has 0 aromatic heterocycles. The summed E-state index contributed by atoms with van der Waals surface area (Å²) in [5.74, 6) is -0.420. The fourth-order valence-corrected chi connectivity index (χ4v) is 2.06. The molecule has 0 bridgehead atoms. The van der Waals surface area contributed by atoms with Gasteiger partial charge in [-0.1, -0.05) is 55.8 Å². The predicted octanol–water partition coefficient (Wildman–Crippen LogP) is 4.57. The molecular weight excluding hydrogens is 267 g/mol. The van der Waals surface area contributed by atoms with Crippen molar-refractivity contribution in [3.8, 4) is 0 Å². The maximum Gasteiger partial charge on any atom is 0.196 e. The van der Waals surface area contributed by atoms with Gasteiger partial charge >= 0.3 is 0 Å². The van der Waals surface area contributed by atoms with Crippen molar-refractivity contribution in [1.82, 2.24) is 0 Å². The number of unbranched alkanes of at least 4 members (excludes halogenated alkanes) is 1. The van der Waals surface area contributed by atoms with Crippen LogP contribution >= 0.6 is 0 Å². The summed E-state index contributed by atoms with van der Waals surface area (Å²) in [6, 6.07) is 14.9. The maximum absolute atomic E-state index is 13.1. The van der Waals surface area contributed by atoms with E-state index in [1.807, 2.05) is 18.2 Å². The van der Waals surface area contributed by atoms with Crippen molar-refractivity contribution in [2.24, 2.45) is 0 Å². The topological polar surface area (TPSA) is 26.3 Å². The molecular formula is C18H19FO2. The minimum atomic E-state index is -0.681. The summed E-state index contributed by atoms with van der Waals surface area (Å²) in [6.07, 6.45) is 1.20. The molecule has 3 heteroatoms. The molecule has 0 radical (unpaired) electrons. The lowest BCUT2D eigenvalue weighted by atomic mass is 10.00. The standard InChI is InChI=1S/C18H19FO2/c1-2-3-13-21-18(15-9-11-16(19)12-10-15)17(20)14-7-5-4-6-8-14/h4-12,18H,2-3,13H2,1H3. The summed E-state index contributed by atoms with van der Waals surface area (Å²) >= 11 is 0. The molecule has 2 rings (SSSR count). The van der Waals surface area contributed by atoms with Crippen molar-refractivity contribution < 1.29 is 13.9 Å². The molecule has 0 spiro atoms. The van der Waals surface area contributed by atoms with Crippen LogP contribution in [0.4, 0.5) is 4.39 Å². The number of ketones is 1. The molecule has 0 aliphatic carbocycles. The molecule has 2 aromatic carbocycles. The minimum absolute atomic E-state index is 0.0988. The zero-order valence-corrected chi connectivity index (χ0v) is 12.1. The van der Waals surface area contributed by atoms with E-state index in [0.29, 0.717) is 17.7 Å². The predicted molar refractivity (Wildman–Crippen MR) is 80.8 cm³/mol. The van der Waals surface area contributed by atoms with E-state index in [0.717, 1.165) is 12.8 Å². The highest BCUT2D eigenvalue weighted by atomic mass is 19.1. The third-order valence-electron chi connectivity index (χ3n) is 3.25. The van der Waals surface area contributed by atoms with Crippen LogP contribution < -0.4 is 0 Å². The summed E-state index contributed by atoms with van der Waals surface area (Å²) in [4.78, 5) is 12.6. The number of hydrogen-bond donors (Lipinski definition) is 0. The molecule has 0 aliphatic heterocycles. The Kier molecular flexibility index (Phi) is 5.64. The first-order valence-corrected chi connectivity index (χ1v) is 7.18. The van der Waals surface area contributed by atoms with Crippen LogP contribution in [-0.4, -0.2) is 12.4 Å². The smallest absolute Gasteiger partial charge is 0.196 e. The maximum atomic E-state index is 13.1. The van der Waals surface area contributed by atoms with Crippen molar-refractivity contribution in [2.75, 3.05) is 6.61 Å². The van der Waals surface area contributed by atoms with Crippen LogP contribution in [-0.2, 0) is 4.74 Å². The molecule has 0 fully saturated rings. The van der Waals surface area contributed by atoms with Crippen molar-refractivity contribution in [3.05, 3.63) is 71.5 Å². The van der Waals surface area contributed by atoms with Crippen LogP contribution in [0.15, 0.2) is 54.6 Å². The van der Waals surface area contributed by atoms with E-state index >= 15 is 0 Å². The summed E-state index contributed by atoms with van der Waals surface area (Å²) in [7, 11) is 0. The summed E-state index contributed by atoms with van der Waals surface area (Å²) in [6.45, 7) is 2.58. The van der Waals surface area contributed by atoms with Gasteiger partial charge in [-0.2, -0.15) is 0 Å². The molecule has 0 saturated heterocycles. The Labute approximate surface area is 124 Å². The Balaban J connectivity index is 2.23. The van der Waals surface area contributed by atoms with Crippen LogP contribution in [0.1, 0.15) is 41.8 Å². The zero-order chi connectivity index (χ0) is 15.1. The molecule has 0 amide bonds. The highest BCUT2D eigenvalue weighted by molar-refractivity contribution is 6.00. The molecule has 0 saturated carbocycles. The van der Waals surface area contributed by atoms with Crippen molar-refractivity contribution in [2.45, 2.75) is 25.9 Å². The van der Waals surface area contributed by atoms with Gasteiger partial charge in [0.05, 0.1) is 0 Å². The Bertz CT molecular complexity index is 564. The number of carbonyl (C=O) groups is 1. The lowest BCUT2D eigenvalue weighted by molar-refractivity contribution is 0.0395. The average molecular weight is 286 g/mol. The van der Waals surface area contributed by atoms with E-state index in [9.17, 15) is 9.18 Å². The number of halogens is 1. The second kappa shape index (κ2) is 7.70. The molecule has 2 nitrogen and oxygen atoms in total. The quantitative estimate of drug-likeness (QED) is 0.550. The second-order valence-corrected chi connectivity index (χ2v) is 4.89. The second-order valence-electron chi connectivity index (χ2n) is 4.89. The van der Waals surface area contributed by atoms with Crippen LogP contribution in [0.2, 0.25) is 0 Å². The van der Waals surface area contributed by atoms with Gasteiger partial charge in [-0.25, -0.2) is 4.39 Å². The summed E-state index contributed by atoms with van der Waals surface area (Å²) in [5, 5.41) is 0. The number of ether oxygens (including phenoxy) is 1. The highest BCUT2D eigenvalue weighted by Crippen LogP contribution is 2.23. The van der Waals surface area contributed by atoms with E-state index in [4.69, 9.17) is 4.74 Å². The number of hydrogen-bond acceptors (Lipinski definition) is 2. The number of benzene rings is 2. The van der Waals surface area contributed by atoms with E-state index in [2.05, 4.69) is 6.92 Å². The molecule has 0 heterocycles. The molecule has 21 heavy (non-hydrogen) atoms. The van der Waals surface area contributed by atoms with Gasteiger partial charge in [-0.05, 0) is 24.1 Å². The summed E-state index contributed by atoms with van der Waals surface area (Å²) < 4.78 is 18.8.